The summed E-state index contributed by atoms with van der Waals surface area (Å²) in [6.07, 6.45) is 0. The summed E-state index contributed by atoms with van der Waals surface area (Å²) >= 11 is 9.46. The first-order valence-electron chi connectivity index (χ1n) is 5.02. The number of benzene rings is 1. The van der Waals surface area contributed by atoms with Crippen LogP contribution < -0.4 is 5.56 Å². The van der Waals surface area contributed by atoms with Gasteiger partial charge in [0.25, 0.3) is 5.56 Å². The minimum absolute atomic E-state index is 0.136. The fourth-order valence-corrected chi connectivity index (χ4v) is 2.02. The van der Waals surface area contributed by atoms with E-state index in [-0.39, 0.29) is 5.56 Å². The van der Waals surface area contributed by atoms with Crippen LogP contribution in [0, 0.1) is 13.8 Å². The van der Waals surface area contributed by atoms with Gasteiger partial charge in [0.1, 0.15) is 5.82 Å². The summed E-state index contributed by atoms with van der Waals surface area (Å²) in [5.74, 6) is 0.490. The Balaban J connectivity index is 2.69. The first kappa shape index (κ1) is 12.3. The normalized spacial score (nSPS) is 10.6. The van der Waals surface area contributed by atoms with Crippen LogP contribution >= 0.6 is 27.5 Å². The van der Waals surface area contributed by atoms with Crippen LogP contribution in [-0.4, -0.2) is 9.97 Å². The van der Waals surface area contributed by atoms with Crippen LogP contribution in [0.2, 0.25) is 5.02 Å². The highest BCUT2D eigenvalue weighted by Gasteiger charge is 2.09. The summed E-state index contributed by atoms with van der Waals surface area (Å²) in [5.41, 5.74) is 1.91. The second kappa shape index (κ2) is 4.63. The monoisotopic (exact) mass is 312 g/mol. The molecule has 0 saturated heterocycles. The van der Waals surface area contributed by atoms with Crippen LogP contribution in [0.4, 0.5) is 0 Å². The molecule has 0 bridgehead atoms. The van der Waals surface area contributed by atoms with Gasteiger partial charge in [-0.1, -0.05) is 27.5 Å². The molecule has 0 amide bonds. The number of nitrogens with zero attached hydrogens (tertiary/aromatic N) is 1. The Morgan fingerprint density at radius 1 is 1.35 bits per heavy atom. The predicted molar refractivity (Wildman–Crippen MR) is 72.5 cm³/mol. The first-order valence-corrected chi connectivity index (χ1v) is 6.19. The van der Waals surface area contributed by atoms with E-state index in [0.29, 0.717) is 27.7 Å². The molecule has 1 heterocycles. The third-order valence-corrected chi connectivity index (χ3v) is 3.40. The highest BCUT2D eigenvalue weighted by atomic mass is 79.9. The van der Waals surface area contributed by atoms with Gasteiger partial charge in [-0.25, -0.2) is 4.98 Å². The van der Waals surface area contributed by atoms with Crippen molar-refractivity contribution in [3.63, 3.8) is 0 Å². The molecule has 2 rings (SSSR count). The van der Waals surface area contributed by atoms with Gasteiger partial charge in [0, 0.05) is 21.3 Å². The lowest BCUT2D eigenvalue weighted by Crippen LogP contribution is -2.14. The Hall–Kier alpha value is -1.13. The number of nitrogens with one attached hydrogen (secondary N) is 1. The number of rotatable bonds is 1. The molecule has 2 aromatic rings. The number of H-pyrrole nitrogens is 1. The fourth-order valence-electron chi connectivity index (χ4n) is 1.45. The minimum atomic E-state index is -0.136. The summed E-state index contributed by atoms with van der Waals surface area (Å²) in [5, 5.41) is 0.555. The highest BCUT2D eigenvalue weighted by Crippen LogP contribution is 2.28. The summed E-state index contributed by atoms with van der Waals surface area (Å²) in [7, 11) is 0. The van der Waals surface area contributed by atoms with E-state index in [0.717, 1.165) is 4.47 Å². The van der Waals surface area contributed by atoms with Gasteiger partial charge in [0.05, 0.1) is 5.02 Å². The number of hydrogen-bond donors (Lipinski definition) is 1. The number of aryl methyl sites for hydroxylation is 1. The molecule has 0 aliphatic carbocycles. The molecule has 0 saturated carbocycles. The largest absolute Gasteiger partial charge is 0.306 e. The number of hydrogen-bond acceptors (Lipinski definition) is 2. The van der Waals surface area contributed by atoms with Gasteiger partial charge in [-0.15, -0.1) is 0 Å². The number of halogens is 2. The van der Waals surface area contributed by atoms with Crippen molar-refractivity contribution in [2.24, 2.45) is 0 Å². The van der Waals surface area contributed by atoms with Crippen LogP contribution in [0.15, 0.2) is 27.5 Å². The zero-order valence-corrected chi connectivity index (χ0v) is 11.7. The van der Waals surface area contributed by atoms with Crippen molar-refractivity contribution in [2.75, 3.05) is 0 Å². The maximum Gasteiger partial charge on any atom is 0.254 e. The summed E-state index contributed by atoms with van der Waals surface area (Å²) < 4.78 is 0.887. The van der Waals surface area contributed by atoms with Crippen molar-refractivity contribution in [3.8, 4) is 11.4 Å². The third-order valence-electron chi connectivity index (χ3n) is 2.58. The summed E-state index contributed by atoms with van der Waals surface area (Å²) in [6, 6.07) is 5.43. The molecule has 0 fully saturated rings. The molecule has 3 nitrogen and oxygen atoms in total. The average Bonchev–Trinajstić information content (AvgIpc) is 2.28. The number of aromatic amines is 1. The quantitative estimate of drug-likeness (QED) is 0.876. The molecule has 0 radical (unpaired) electrons. The highest BCUT2D eigenvalue weighted by molar-refractivity contribution is 9.10. The molecule has 0 unspecified atom stereocenters. The lowest BCUT2D eigenvalue weighted by molar-refractivity contribution is 1.03. The first-order chi connectivity index (χ1) is 7.99. The zero-order chi connectivity index (χ0) is 12.6. The molecule has 1 N–H and O–H groups in total. The van der Waals surface area contributed by atoms with Gasteiger partial charge in [-0.2, -0.15) is 0 Å². The topological polar surface area (TPSA) is 45.8 Å². The Bertz CT molecular complexity index is 637. The van der Waals surface area contributed by atoms with Crippen LogP contribution in [0.1, 0.15) is 11.3 Å². The Morgan fingerprint density at radius 2 is 2.06 bits per heavy atom. The van der Waals surface area contributed by atoms with E-state index in [2.05, 4.69) is 25.9 Å². The van der Waals surface area contributed by atoms with Gasteiger partial charge in [-0.05, 0) is 32.0 Å². The molecule has 0 aliphatic rings. The van der Waals surface area contributed by atoms with Gasteiger partial charge in [0.15, 0.2) is 0 Å². The molecule has 0 aliphatic heterocycles. The SMILES string of the molecule is Cc1nc(-c2cc(Br)ccc2Cl)[nH]c(=O)c1C. The van der Waals surface area contributed by atoms with Crippen LogP contribution in [0.3, 0.4) is 0 Å². The molecule has 1 aromatic carbocycles. The lowest BCUT2D eigenvalue weighted by atomic mass is 10.2. The molecule has 5 heteroatoms. The van der Waals surface area contributed by atoms with E-state index >= 15 is 0 Å². The molecule has 0 atom stereocenters. The van der Waals surface area contributed by atoms with Crippen molar-refractivity contribution in [1.29, 1.82) is 0 Å². The minimum Gasteiger partial charge on any atom is -0.306 e. The summed E-state index contributed by atoms with van der Waals surface area (Å²) in [4.78, 5) is 18.8. The van der Waals surface area contributed by atoms with Crippen molar-refractivity contribution in [3.05, 3.63) is 49.3 Å². The lowest BCUT2D eigenvalue weighted by Gasteiger charge is -2.06. The van der Waals surface area contributed by atoms with Crippen LogP contribution in [-0.2, 0) is 0 Å². The molecule has 0 spiro atoms. The van der Waals surface area contributed by atoms with Crippen LogP contribution in [0.5, 0.6) is 0 Å². The van der Waals surface area contributed by atoms with E-state index in [9.17, 15) is 4.79 Å². The van der Waals surface area contributed by atoms with Crippen molar-refractivity contribution in [2.45, 2.75) is 13.8 Å². The Labute approximate surface area is 112 Å². The van der Waals surface area contributed by atoms with Gasteiger partial charge < -0.3 is 4.98 Å². The maximum absolute atomic E-state index is 11.7. The zero-order valence-electron chi connectivity index (χ0n) is 9.34. The molecular formula is C12H10BrClN2O. The Kier molecular flexibility index (Phi) is 3.35. The molecule has 88 valence electrons. The maximum atomic E-state index is 11.7. The van der Waals surface area contributed by atoms with E-state index in [1.54, 1.807) is 19.9 Å². The van der Waals surface area contributed by atoms with Crippen molar-refractivity contribution in [1.82, 2.24) is 9.97 Å². The van der Waals surface area contributed by atoms with E-state index < -0.39 is 0 Å². The van der Waals surface area contributed by atoms with E-state index in [1.807, 2.05) is 12.1 Å². The smallest absolute Gasteiger partial charge is 0.254 e. The second-order valence-corrected chi connectivity index (χ2v) is 5.07. The van der Waals surface area contributed by atoms with Crippen molar-refractivity contribution < 1.29 is 0 Å². The fraction of sp³-hybridized carbons (Fsp3) is 0.167. The van der Waals surface area contributed by atoms with Crippen LogP contribution in [0.25, 0.3) is 11.4 Å². The average molecular weight is 314 g/mol. The Morgan fingerprint density at radius 3 is 2.71 bits per heavy atom. The van der Waals surface area contributed by atoms with E-state index in [4.69, 9.17) is 11.6 Å². The van der Waals surface area contributed by atoms with Gasteiger partial charge >= 0.3 is 0 Å². The van der Waals surface area contributed by atoms with Crippen molar-refractivity contribution >= 4 is 27.5 Å². The molecule has 1 aromatic heterocycles. The molecular weight excluding hydrogens is 304 g/mol. The number of aromatic nitrogens is 2. The predicted octanol–water partition coefficient (Wildman–Crippen LogP) is 3.47. The van der Waals surface area contributed by atoms with Gasteiger partial charge in [0.2, 0.25) is 0 Å². The summed E-state index contributed by atoms with van der Waals surface area (Å²) in [6.45, 7) is 3.55. The standard InChI is InChI=1S/C12H10BrClN2O/c1-6-7(2)15-11(16-12(6)17)9-5-8(13)3-4-10(9)14/h3-5H,1-2H3,(H,15,16,17). The third kappa shape index (κ3) is 2.42. The molecule has 17 heavy (non-hydrogen) atoms. The van der Waals surface area contributed by atoms with Gasteiger partial charge in [-0.3, -0.25) is 4.79 Å². The second-order valence-electron chi connectivity index (χ2n) is 3.75. The van der Waals surface area contributed by atoms with E-state index in [1.165, 1.54) is 0 Å².